The van der Waals surface area contributed by atoms with E-state index in [0.29, 0.717) is 5.56 Å². The third-order valence-electron chi connectivity index (χ3n) is 6.58. The lowest BCUT2D eigenvalue weighted by atomic mass is 9.80. The molecule has 4 aromatic rings. The number of rotatable bonds is 6. The van der Waals surface area contributed by atoms with Crippen LogP contribution in [0, 0.1) is 6.92 Å². The highest BCUT2D eigenvalue weighted by Crippen LogP contribution is 2.42. The first kappa shape index (κ1) is 24.4. The number of ether oxygens (including phenoxy) is 2. The second-order valence-corrected chi connectivity index (χ2v) is 8.99. The van der Waals surface area contributed by atoms with Crippen molar-refractivity contribution >= 4 is 5.97 Å². The van der Waals surface area contributed by atoms with Gasteiger partial charge < -0.3 is 14.6 Å². The Morgan fingerprint density at radius 3 is 1.89 bits per heavy atom. The summed E-state index contributed by atoms with van der Waals surface area (Å²) in [5, 5.41) is 10.8. The third-order valence-corrected chi connectivity index (χ3v) is 6.58. The van der Waals surface area contributed by atoms with Crippen LogP contribution in [0.2, 0.25) is 0 Å². The number of aromatic nitrogens is 2. The molecule has 1 aromatic heterocycles. The summed E-state index contributed by atoms with van der Waals surface area (Å²) in [5.74, 6) is -0.777. The average Bonchev–Trinajstić information content (AvgIpc) is 3.32. The van der Waals surface area contributed by atoms with E-state index >= 15 is 0 Å². The van der Waals surface area contributed by atoms with E-state index in [4.69, 9.17) is 9.47 Å². The van der Waals surface area contributed by atoms with Crippen molar-refractivity contribution in [3.63, 3.8) is 0 Å². The molecule has 8 nitrogen and oxygen atoms in total. The topological polar surface area (TPSA) is 111 Å². The number of aliphatic hydroxyl groups excluding tert-OH is 1. The molecular formula is C29H26N2O6. The molecule has 5 rings (SSSR count). The van der Waals surface area contributed by atoms with E-state index in [1.54, 1.807) is 6.92 Å². The summed E-state index contributed by atoms with van der Waals surface area (Å²) in [6.45, 7) is 1.56. The summed E-state index contributed by atoms with van der Waals surface area (Å²) >= 11 is 0. The zero-order valence-electron chi connectivity index (χ0n) is 20.1. The van der Waals surface area contributed by atoms with Gasteiger partial charge in [0.05, 0.1) is 6.10 Å². The minimum atomic E-state index is -1.35. The van der Waals surface area contributed by atoms with Crippen molar-refractivity contribution < 1.29 is 19.4 Å². The quantitative estimate of drug-likeness (QED) is 0.312. The normalized spacial score (nSPS) is 19.5. The van der Waals surface area contributed by atoms with Gasteiger partial charge >= 0.3 is 11.7 Å². The fourth-order valence-electron chi connectivity index (χ4n) is 4.74. The van der Waals surface area contributed by atoms with Crippen molar-refractivity contribution in [2.75, 3.05) is 0 Å². The van der Waals surface area contributed by atoms with Gasteiger partial charge in [-0.05, 0) is 6.92 Å². The summed E-state index contributed by atoms with van der Waals surface area (Å²) in [6.07, 6.45) is -2.19. The van der Waals surface area contributed by atoms with Crippen molar-refractivity contribution in [3.05, 3.63) is 140 Å². The molecule has 0 saturated carbocycles. The van der Waals surface area contributed by atoms with Gasteiger partial charge in [0.15, 0.2) is 11.7 Å². The van der Waals surface area contributed by atoms with Gasteiger partial charge in [0.25, 0.3) is 5.56 Å². The molecule has 1 fully saturated rings. The van der Waals surface area contributed by atoms with Crippen LogP contribution in [0.3, 0.4) is 0 Å². The Hall–Kier alpha value is -4.27. The maximum absolute atomic E-state index is 13.7. The number of carbonyl (C=O) groups excluding carboxylic acids is 1. The van der Waals surface area contributed by atoms with E-state index in [2.05, 4.69) is 4.98 Å². The molecule has 8 heteroatoms. The first-order chi connectivity index (χ1) is 17.9. The monoisotopic (exact) mass is 498 g/mol. The number of H-pyrrole nitrogens is 1. The van der Waals surface area contributed by atoms with Gasteiger partial charge in [0.2, 0.25) is 0 Å². The molecule has 188 valence electrons. The number of aromatic amines is 1. The number of benzene rings is 3. The van der Waals surface area contributed by atoms with Crippen molar-refractivity contribution in [3.8, 4) is 0 Å². The van der Waals surface area contributed by atoms with Crippen LogP contribution in [0.1, 0.15) is 34.9 Å². The van der Waals surface area contributed by atoms with Crippen LogP contribution in [-0.2, 0) is 19.9 Å². The van der Waals surface area contributed by atoms with Crippen LogP contribution in [0.5, 0.6) is 0 Å². The first-order valence-electron chi connectivity index (χ1n) is 11.9. The molecule has 1 aliphatic rings. The maximum Gasteiger partial charge on any atom is 0.339 e. The predicted octanol–water partition coefficient (Wildman–Crippen LogP) is 3.03. The van der Waals surface area contributed by atoms with Crippen molar-refractivity contribution in [1.29, 1.82) is 0 Å². The van der Waals surface area contributed by atoms with Crippen LogP contribution >= 0.6 is 0 Å². The summed E-state index contributed by atoms with van der Waals surface area (Å²) in [5.41, 5.74) is -0.0529. The largest absolute Gasteiger partial charge is 0.442 e. The number of hydrogen-bond acceptors (Lipinski definition) is 6. The highest BCUT2D eigenvalue weighted by molar-refractivity contribution is 5.77. The minimum absolute atomic E-state index is 0.0276. The Kier molecular flexibility index (Phi) is 6.60. The minimum Gasteiger partial charge on any atom is -0.442 e. The average molecular weight is 499 g/mol. The molecule has 0 amide bonds. The van der Waals surface area contributed by atoms with Crippen LogP contribution < -0.4 is 11.2 Å². The highest BCUT2D eigenvalue weighted by atomic mass is 16.6. The Morgan fingerprint density at radius 2 is 1.41 bits per heavy atom. The maximum atomic E-state index is 13.7. The Balaban J connectivity index is 1.55. The molecule has 0 aliphatic carbocycles. The summed E-state index contributed by atoms with van der Waals surface area (Å²) in [4.78, 5) is 40.1. The number of nitrogens with one attached hydrogen (secondary N) is 1. The Labute approximate surface area is 212 Å². The standard InChI is InChI=1S/C29H26N2O6/c1-19-18-31(28(35)30-26(19)33)24-17-23(32)25(36-24)27(34)37-29(20-11-5-2-6-12-20,21-13-7-3-8-14-21)22-15-9-4-10-16-22/h2-16,18,23-25,32H,17H2,1H3,(H,30,33,35)/t23-,24+,25-/m0/s1. The summed E-state index contributed by atoms with van der Waals surface area (Å²) in [6, 6.07) is 28.1. The van der Waals surface area contributed by atoms with Gasteiger partial charge in [-0.15, -0.1) is 0 Å². The van der Waals surface area contributed by atoms with Crippen LogP contribution in [0.4, 0.5) is 0 Å². The number of aliphatic hydroxyl groups is 1. The highest BCUT2D eigenvalue weighted by Gasteiger charge is 2.47. The molecule has 0 radical (unpaired) electrons. The predicted molar refractivity (Wildman–Crippen MR) is 136 cm³/mol. The van der Waals surface area contributed by atoms with E-state index < -0.39 is 41.3 Å². The van der Waals surface area contributed by atoms with E-state index in [1.165, 1.54) is 10.8 Å². The van der Waals surface area contributed by atoms with Crippen LogP contribution in [0.25, 0.3) is 0 Å². The molecule has 1 aliphatic heterocycles. The molecular weight excluding hydrogens is 472 g/mol. The van der Waals surface area contributed by atoms with Crippen LogP contribution in [-0.4, -0.2) is 32.8 Å². The van der Waals surface area contributed by atoms with Crippen molar-refractivity contribution in [2.45, 2.75) is 37.4 Å². The van der Waals surface area contributed by atoms with Crippen molar-refractivity contribution in [1.82, 2.24) is 9.55 Å². The lowest BCUT2D eigenvalue weighted by Crippen LogP contribution is -2.41. The lowest BCUT2D eigenvalue weighted by molar-refractivity contribution is -0.172. The zero-order valence-corrected chi connectivity index (χ0v) is 20.1. The SMILES string of the molecule is Cc1cn([C@H]2C[C@H](O)[C@@H](C(=O)OC(c3ccccc3)(c3ccccc3)c3ccccc3)O2)c(=O)[nH]c1=O. The molecule has 3 aromatic carbocycles. The smallest absolute Gasteiger partial charge is 0.339 e. The van der Waals surface area contributed by atoms with Gasteiger partial charge in [-0.2, -0.15) is 0 Å². The van der Waals surface area contributed by atoms with Crippen molar-refractivity contribution in [2.24, 2.45) is 0 Å². The fourth-order valence-corrected chi connectivity index (χ4v) is 4.74. The lowest BCUT2D eigenvalue weighted by Gasteiger charge is -2.36. The second kappa shape index (κ2) is 10.0. The third kappa shape index (κ3) is 4.52. The van der Waals surface area contributed by atoms with Gasteiger partial charge in [-0.25, -0.2) is 9.59 Å². The van der Waals surface area contributed by atoms with Gasteiger partial charge in [0, 0.05) is 34.9 Å². The Bertz CT molecular complexity index is 1400. The summed E-state index contributed by atoms with van der Waals surface area (Å²) < 4.78 is 13.4. The zero-order chi connectivity index (χ0) is 26.0. The number of nitrogens with zero attached hydrogens (tertiary/aromatic N) is 1. The van der Waals surface area contributed by atoms with Gasteiger partial charge in [-0.3, -0.25) is 14.3 Å². The molecule has 2 heterocycles. The molecule has 37 heavy (non-hydrogen) atoms. The van der Waals surface area contributed by atoms with E-state index in [1.807, 2.05) is 91.0 Å². The number of aryl methyl sites for hydroxylation is 1. The number of esters is 1. The fraction of sp³-hybridized carbons (Fsp3) is 0.207. The number of carbonyl (C=O) groups is 1. The van der Waals surface area contributed by atoms with Gasteiger partial charge in [-0.1, -0.05) is 91.0 Å². The number of hydrogen-bond donors (Lipinski definition) is 2. The molecule has 3 atom stereocenters. The molecule has 0 unspecified atom stereocenters. The first-order valence-corrected chi connectivity index (χ1v) is 11.9. The molecule has 1 saturated heterocycles. The van der Waals surface area contributed by atoms with E-state index in [0.717, 1.165) is 16.7 Å². The van der Waals surface area contributed by atoms with Crippen LogP contribution in [0.15, 0.2) is 107 Å². The van der Waals surface area contributed by atoms with E-state index in [-0.39, 0.29) is 6.42 Å². The summed E-state index contributed by atoms with van der Waals surface area (Å²) in [7, 11) is 0. The molecule has 2 N–H and O–H groups in total. The second-order valence-electron chi connectivity index (χ2n) is 8.99. The van der Waals surface area contributed by atoms with Gasteiger partial charge in [0.1, 0.15) is 6.23 Å². The van der Waals surface area contributed by atoms with E-state index in [9.17, 15) is 19.5 Å². The molecule has 0 bridgehead atoms. The molecule has 0 spiro atoms. The Morgan fingerprint density at radius 1 is 0.919 bits per heavy atom.